The van der Waals surface area contributed by atoms with Crippen molar-refractivity contribution >= 4 is 29.2 Å². The number of hydrogen-bond acceptors (Lipinski definition) is 5. The zero-order chi connectivity index (χ0) is 27.8. The van der Waals surface area contributed by atoms with Gasteiger partial charge in [0, 0.05) is 62.5 Å². The predicted molar refractivity (Wildman–Crippen MR) is 149 cm³/mol. The fourth-order valence-electron chi connectivity index (χ4n) is 4.40. The van der Waals surface area contributed by atoms with Gasteiger partial charge in [-0.05, 0) is 48.0 Å². The fourth-order valence-corrected chi connectivity index (χ4v) is 4.59. The molecule has 0 saturated carbocycles. The average Bonchev–Trinajstić information content (AvgIpc) is 2.96. The van der Waals surface area contributed by atoms with Crippen molar-refractivity contribution < 1.29 is 23.5 Å². The van der Waals surface area contributed by atoms with Crippen molar-refractivity contribution in [3.8, 4) is 11.5 Å². The summed E-state index contributed by atoms with van der Waals surface area (Å²) in [5.41, 5.74) is 1.91. The van der Waals surface area contributed by atoms with Crippen LogP contribution >= 0.6 is 11.6 Å². The highest BCUT2D eigenvalue weighted by Gasteiger charge is 2.24. The first-order chi connectivity index (χ1) is 18.9. The third-order valence-corrected chi connectivity index (χ3v) is 6.88. The first-order valence-corrected chi connectivity index (χ1v) is 13.0. The zero-order valence-corrected chi connectivity index (χ0v) is 22.8. The smallest absolute Gasteiger partial charge is 0.322 e. The lowest BCUT2D eigenvalue weighted by molar-refractivity contribution is 0.0704. The molecular formula is C29H32ClFN4O4. The third-order valence-electron chi connectivity index (χ3n) is 6.64. The molecule has 0 atom stereocenters. The second kappa shape index (κ2) is 13.3. The zero-order valence-electron chi connectivity index (χ0n) is 22.0. The fraction of sp³-hybridized carbons (Fsp3) is 0.310. The van der Waals surface area contributed by atoms with Crippen LogP contribution in [0.3, 0.4) is 0 Å². The molecule has 8 nitrogen and oxygen atoms in total. The van der Waals surface area contributed by atoms with Gasteiger partial charge in [-0.15, -0.1) is 0 Å². The molecule has 0 unspecified atom stereocenters. The van der Waals surface area contributed by atoms with Crippen LogP contribution in [0.2, 0.25) is 5.02 Å². The maximum absolute atomic E-state index is 13.4. The molecule has 1 aliphatic heterocycles. The van der Waals surface area contributed by atoms with Gasteiger partial charge in [-0.2, -0.15) is 0 Å². The molecule has 0 aromatic heterocycles. The minimum atomic E-state index is -0.321. The Labute approximate surface area is 232 Å². The van der Waals surface area contributed by atoms with Crippen LogP contribution in [0.25, 0.3) is 0 Å². The first kappa shape index (κ1) is 28.2. The van der Waals surface area contributed by atoms with Crippen molar-refractivity contribution in [1.82, 2.24) is 14.7 Å². The molecule has 10 heteroatoms. The largest absolute Gasteiger partial charge is 0.497 e. The van der Waals surface area contributed by atoms with E-state index < -0.39 is 0 Å². The summed E-state index contributed by atoms with van der Waals surface area (Å²) in [6.45, 7) is 3.88. The maximum Gasteiger partial charge on any atom is 0.322 e. The van der Waals surface area contributed by atoms with Gasteiger partial charge in [0.15, 0.2) is 0 Å². The summed E-state index contributed by atoms with van der Waals surface area (Å²) >= 11 is 6.12. The van der Waals surface area contributed by atoms with Gasteiger partial charge in [-0.1, -0.05) is 29.8 Å². The standard InChI is InChI=1S/C29H32ClFN4O4/c1-38-25-10-11-26(27(19-25)39-2)32-29(37)34-15-12-33(13-16-34)14-17-35(20-21-6-8-24(31)9-7-21)28(36)22-4-3-5-23(30)18-22/h3-11,18-19H,12-17,20H2,1-2H3,(H,32,37). The number of amides is 3. The van der Waals surface area contributed by atoms with Crippen LogP contribution in [-0.2, 0) is 6.54 Å². The molecule has 206 valence electrons. The van der Waals surface area contributed by atoms with Crippen molar-refractivity contribution in [1.29, 1.82) is 0 Å². The Balaban J connectivity index is 1.34. The maximum atomic E-state index is 13.4. The lowest BCUT2D eigenvalue weighted by Crippen LogP contribution is -2.51. The van der Waals surface area contributed by atoms with E-state index in [-0.39, 0.29) is 17.8 Å². The monoisotopic (exact) mass is 554 g/mol. The third kappa shape index (κ3) is 7.61. The Morgan fingerprint density at radius 3 is 2.38 bits per heavy atom. The summed E-state index contributed by atoms with van der Waals surface area (Å²) in [6.07, 6.45) is 0. The Bertz CT molecular complexity index is 1280. The predicted octanol–water partition coefficient (Wildman–Crippen LogP) is 4.99. The van der Waals surface area contributed by atoms with Crippen molar-refractivity contribution in [2.75, 3.05) is 58.8 Å². The number of carbonyl (C=O) groups is 2. The van der Waals surface area contributed by atoms with Gasteiger partial charge in [0.05, 0.1) is 19.9 Å². The van der Waals surface area contributed by atoms with Gasteiger partial charge >= 0.3 is 6.03 Å². The number of hydrogen-bond donors (Lipinski definition) is 1. The van der Waals surface area contributed by atoms with Crippen LogP contribution in [0, 0.1) is 5.82 Å². The van der Waals surface area contributed by atoms with Crippen molar-refractivity contribution in [2.24, 2.45) is 0 Å². The molecule has 4 rings (SSSR count). The van der Waals surface area contributed by atoms with Crippen LogP contribution in [0.4, 0.5) is 14.9 Å². The van der Waals surface area contributed by atoms with E-state index in [2.05, 4.69) is 10.2 Å². The van der Waals surface area contributed by atoms with Gasteiger partial charge < -0.3 is 24.6 Å². The van der Waals surface area contributed by atoms with Crippen LogP contribution in [0.5, 0.6) is 11.5 Å². The minimum Gasteiger partial charge on any atom is -0.497 e. The molecule has 1 fully saturated rings. The van der Waals surface area contributed by atoms with Crippen molar-refractivity contribution in [2.45, 2.75) is 6.54 Å². The quantitative estimate of drug-likeness (QED) is 0.403. The highest BCUT2D eigenvalue weighted by molar-refractivity contribution is 6.30. The molecule has 1 heterocycles. The second-order valence-corrected chi connectivity index (χ2v) is 9.63. The van der Waals surface area contributed by atoms with Crippen molar-refractivity contribution in [3.63, 3.8) is 0 Å². The summed E-state index contributed by atoms with van der Waals surface area (Å²) in [6, 6.07) is 18.0. The Morgan fingerprint density at radius 1 is 0.974 bits per heavy atom. The van der Waals surface area contributed by atoms with E-state index in [1.165, 1.54) is 12.1 Å². The number of anilines is 1. The first-order valence-electron chi connectivity index (χ1n) is 12.7. The lowest BCUT2D eigenvalue weighted by atomic mass is 10.1. The number of methoxy groups -OCH3 is 2. The van der Waals surface area contributed by atoms with Crippen molar-refractivity contribution in [3.05, 3.63) is 88.7 Å². The van der Waals surface area contributed by atoms with E-state index in [9.17, 15) is 14.0 Å². The van der Waals surface area contributed by atoms with Gasteiger partial charge in [-0.25, -0.2) is 9.18 Å². The number of ether oxygens (including phenoxy) is 2. The molecule has 0 aliphatic carbocycles. The second-order valence-electron chi connectivity index (χ2n) is 9.19. The highest BCUT2D eigenvalue weighted by Crippen LogP contribution is 2.29. The van der Waals surface area contributed by atoms with Crippen LogP contribution in [0.15, 0.2) is 66.7 Å². The number of nitrogens with one attached hydrogen (secondary N) is 1. The van der Waals surface area contributed by atoms with E-state index in [4.69, 9.17) is 21.1 Å². The average molecular weight is 555 g/mol. The minimum absolute atomic E-state index is 0.145. The number of rotatable bonds is 9. The van der Waals surface area contributed by atoms with E-state index in [1.54, 1.807) is 78.6 Å². The molecule has 0 spiro atoms. The molecule has 39 heavy (non-hydrogen) atoms. The summed E-state index contributed by atoms with van der Waals surface area (Å²) in [5.74, 6) is 0.694. The Kier molecular flexibility index (Phi) is 9.62. The number of urea groups is 1. The number of benzene rings is 3. The molecule has 3 amide bonds. The normalized spacial score (nSPS) is 13.6. The van der Waals surface area contributed by atoms with Gasteiger partial charge in [0.2, 0.25) is 0 Å². The summed E-state index contributed by atoms with van der Waals surface area (Å²) in [5, 5.41) is 3.40. The van der Waals surface area contributed by atoms with E-state index in [1.807, 2.05) is 0 Å². The van der Waals surface area contributed by atoms with E-state index in [0.29, 0.717) is 73.6 Å². The van der Waals surface area contributed by atoms with Gasteiger partial charge in [0.1, 0.15) is 17.3 Å². The molecule has 0 radical (unpaired) electrons. The molecule has 1 aliphatic rings. The van der Waals surface area contributed by atoms with E-state index >= 15 is 0 Å². The molecule has 1 N–H and O–H groups in total. The van der Waals surface area contributed by atoms with Crippen LogP contribution in [0.1, 0.15) is 15.9 Å². The molecule has 0 bridgehead atoms. The molecule has 3 aromatic carbocycles. The van der Waals surface area contributed by atoms with Gasteiger partial charge in [0.25, 0.3) is 5.91 Å². The summed E-state index contributed by atoms with van der Waals surface area (Å²) < 4.78 is 24.0. The number of piperazine rings is 1. The Hall–Kier alpha value is -3.82. The Morgan fingerprint density at radius 2 is 1.72 bits per heavy atom. The number of carbonyl (C=O) groups excluding carboxylic acids is 2. The summed E-state index contributed by atoms with van der Waals surface area (Å²) in [4.78, 5) is 32.0. The number of halogens is 2. The summed E-state index contributed by atoms with van der Waals surface area (Å²) in [7, 11) is 3.11. The number of nitrogens with zero attached hydrogens (tertiary/aromatic N) is 3. The SMILES string of the molecule is COc1ccc(NC(=O)N2CCN(CCN(Cc3ccc(F)cc3)C(=O)c3cccc(Cl)c3)CC2)c(OC)c1. The van der Waals surface area contributed by atoms with Gasteiger partial charge in [-0.3, -0.25) is 9.69 Å². The molecule has 1 saturated heterocycles. The van der Waals surface area contributed by atoms with E-state index in [0.717, 1.165) is 5.56 Å². The van der Waals surface area contributed by atoms with Crippen LogP contribution in [-0.4, -0.2) is 80.1 Å². The lowest BCUT2D eigenvalue weighted by Gasteiger charge is -2.36. The molecule has 3 aromatic rings. The highest BCUT2D eigenvalue weighted by atomic mass is 35.5. The topological polar surface area (TPSA) is 74.4 Å². The van der Waals surface area contributed by atoms with Crippen LogP contribution < -0.4 is 14.8 Å². The molecular weight excluding hydrogens is 523 g/mol.